The van der Waals surface area contributed by atoms with Gasteiger partial charge in [0, 0.05) is 38.0 Å². The number of halogens is 3. The number of rotatable bonds is 4. The second kappa shape index (κ2) is 8.24. The lowest BCUT2D eigenvalue weighted by atomic mass is 9.95. The molecule has 0 N–H and O–H groups in total. The number of alkyl halides is 1. The quantitative estimate of drug-likeness (QED) is 0.651. The minimum atomic E-state index is -0.834. The third kappa shape index (κ3) is 3.69. The summed E-state index contributed by atoms with van der Waals surface area (Å²) in [6.07, 6.45) is 4.09. The third-order valence-electron chi connectivity index (χ3n) is 6.35. The monoisotopic (exact) mass is 455 g/mol. The SMILES string of the molecule is Fc1c(Cl)ncc2c(N3CCCSCC3)nc(OC[C@@]34CCCN3C[C@H](F)C4)nc12. The first-order valence-corrected chi connectivity index (χ1v) is 12.0. The molecule has 2 aromatic rings. The summed E-state index contributed by atoms with van der Waals surface area (Å²) in [5.41, 5.74) is -0.201. The zero-order valence-corrected chi connectivity index (χ0v) is 18.2. The highest BCUT2D eigenvalue weighted by Crippen LogP contribution is 2.40. The van der Waals surface area contributed by atoms with E-state index in [1.807, 2.05) is 11.8 Å². The molecule has 3 fully saturated rings. The lowest BCUT2D eigenvalue weighted by Gasteiger charge is -2.31. The fourth-order valence-corrected chi connectivity index (χ4v) is 5.94. The van der Waals surface area contributed by atoms with E-state index < -0.39 is 12.0 Å². The summed E-state index contributed by atoms with van der Waals surface area (Å²) < 4.78 is 34.9. The molecule has 0 spiro atoms. The van der Waals surface area contributed by atoms with Gasteiger partial charge in [-0.1, -0.05) is 11.6 Å². The van der Waals surface area contributed by atoms with E-state index >= 15 is 0 Å². The van der Waals surface area contributed by atoms with Crippen LogP contribution in [0.15, 0.2) is 6.20 Å². The molecule has 3 aliphatic rings. The van der Waals surface area contributed by atoms with Gasteiger partial charge in [0.15, 0.2) is 11.0 Å². The minimum absolute atomic E-state index is 0.110. The van der Waals surface area contributed by atoms with Crippen LogP contribution in [0.3, 0.4) is 0 Å². The summed E-state index contributed by atoms with van der Waals surface area (Å²) in [4.78, 5) is 17.3. The molecular weight excluding hydrogens is 432 g/mol. The Morgan fingerprint density at radius 3 is 3.03 bits per heavy atom. The predicted molar refractivity (Wildman–Crippen MR) is 115 cm³/mol. The number of ether oxygens (including phenoxy) is 1. The Morgan fingerprint density at radius 2 is 2.13 bits per heavy atom. The highest BCUT2D eigenvalue weighted by molar-refractivity contribution is 7.99. The van der Waals surface area contributed by atoms with Crippen molar-refractivity contribution in [2.45, 2.75) is 37.4 Å². The van der Waals surface area contributed by atoms with Crippen LogP contribution in [0.5, 0.6) is 6.01 Å². The Labute approximate surface area is 183 Å². The number of anilines is 1. The first-order chi connectivity index (χ1) is 14.6. The molecule has 0 amide bonds. The van der Waals surface area contributed by atoms with Gasteiger partial charge in [-0.3, -0.25) is 4.90 Å². The first-order valence-electron chi connectivity index (χ1n) is 10.4. The summed E-state index contributed by atoms with van der Waals surface area (Å²) in [6, 6.07) is 0.110. The summed E-state index contributed by atoms with van der Waals surface area (Å²) in [7, 11) is 0. The highest BCUT2D eigenvalue weighted by Gasteiger charge is 2.49. The number of hydrogen-bond acceptors (Lipinski definition) is 7. The zero-order chi connectivity index (χ0) is 20.7. The summed E-state index contributed by atoms with van der Waals surface area (Å²) in [5, 5.41) is 0.308. The van der Waals surface area contributed by atoms with Gasteiger partial charge in [0.2, 0.25) is 0 Å². The van der Waals surface area contributed by atoms with Crippen LogP contribution in [0.2, 0.25) is 5.15 Å². The van der Waals surface area contributed by atoms with E-state index in [1.54, 1.807) is 0 Å². The van der Waals surface area contributed by atoms with Crippen molar-refractivity contribution >= 4 is 40.1 Å². The molecule has 3 aliphatic heterocycles. The average Bonchev–Trinajstić information content (AvgIpc) is 3.11. The molecule has 5 heterocycles. The third-order valence-corrected chi connectivity index (χ3v) is 7.67. The lowest BCUT2D eigenvalue weighted by Crippen LogP contribution is -2.43. The van der Waals surface area contributed by atoms with E-state index in [0.717, 1.165) is 50.4 Å². The van der Waals surface area contributed by atoms with E-state index in [4.69, 9.17) is 16.3 Å². The van der Waals surface area contributed by atoms with Crippen molar-refractivity contribution in [3.63, 3.8) is 0 Å². The lowest BCUT2D eigenvalue weighted by molar-refractivity contribution is 0.107. The average molecular weight is 456 g/mol. The van der Waals surface area contributed by atoms with Gasteiger partial charge < -0.3 is 9.64 Å². The number of fused-ring (bicyclic) bond motifs is 2. The molecule has 162 valence electrons. The summed E-state index contributed by atoms with van der Waals surface area (Å²) in [5.74, 6) is 2.01. The van der Waals surface area contributed by atoms with Crippen molar-refractivity contribution in [1.82, 2.24) is 19.9 Å². The molecule has 2 aromatic heterocycles. The topological polar surface area (TPSA) is 54.4 Å². The van der Waals surface area contributed by atoms with E-state index in [-0.39, 0.29) is 22.2 Å². The largest absolute Gasteiger partial charge is 0.461 e. The van der Waals surface area contributed by atoms with Crippen LogP contribution in [0.25, 0.3) is 10.9 Å². The second-order valence-corrected chi connectivity index (χ2v) is 9.85. The van der Waals surface area contributed by atoms with E-state index in [9.17, 15) is 8.78 Å². The minimum Gasteiger partial charge on any atom is -0.461 e. The van der Waals surface area contributed by atoms with Crippen molar-refractivity contribution in [2.75, 3.05) is 49.2 Å². The smallest absolute Gasteiger partial charge is 0.319 e. The standard InChI is InChI=1S/C20H24ClF2N5OS/c21-17-15(23)16-14(10-24-17)18(27-4-2-7-30-8-6-27)26-19(25-16)29-12-20-3-1-5-28(20)11-13(22)9-20/h10,13H,1-9,11-12H2/t13-,20+/m1/s1. The molecule has 0 radical (unpaired) electrons. The molecule has 0 bridgehead atoms. The Bertz CT molecular complexity index is 945. The van der Waals surface area contributed by atoms with Gasteiger partial charge in [-0.05, 0) is 31.6 Å². The van der Waals surface area contributed by atoms with Gasteiger partial charge in [-0.15, -0.1) is 0 Å². The maximum Gasteiger partial charge on any atom is 0.319 e. The fourth-order valence-electron chi connectivity index (χ4n) is 4.91. The molecule has 2 atom stereocenters. The van der Waals surface area contributed by atoms with Crippen molar-refractivity contribution in [3.8, 4) is 6.01 Å². The number of aromatic nitrogens is 3. The zero-order valence-electron chi connectivity index (χ0n) is 16.6. The van der Waals surface area contributed by atoms with Crippen molar-refractivity contribution in [3.05, 3.63) is 17.2 Å². The van der Waals surface area contributed by atoms with Gasteiger partial charge >= 0.3 is 6.01 Å². The molecular formula is C20H24ClF2N5OS. The van der Waals surface area contributed by atoms with Gasteiger partial charge in [-0.25, -0.2) is 13.8 Å². The van der Waals surface area contributed by atoms with E-state index in [0.29, 0.717) is 30.8 Å². The number of pyridine rings is 1. The van der Waals surface area contributed by atoms with E-state index in [2.05, 4.69) is 24.8 Å². The van der Waals surface area contributed by atoms with Gasteiger partial charge in [0.25, 0.3) is 0 Å². The Hall–Kier alpha value is -1.45. The van der Waals surface area contributed by atoms with Crippen LogP contribution in [0.1, 0.15) is 25.7 Å². The second-order valence-electron chi connectivity index (χ2n) is 8.27. The number of thioether (sulfide) groups is 1. The Morgan fingerprint density at radius 1 is 1.23 bits per heavy atom. The molecule has 3 saturated heterocycles. The van der Waals surface area contributed by atoms with Crippen molar-refractivity contribution in [1.29, 1.82) is 0 Å². The predicted octanol–water partition coefficient (Wildman–Crippen LogP) is 3.72. The molecule has 0 saturated carbocycles. The summed E-state index contributed by atoms with van der Waals surface area (Å²) in [6.45, 7) is 3.27. The maximum atomic E-state index is 14.8. The molecule has 5 rings (SSSR count). The van der Waals surface area contributed by atoms with Crippen LogP contribution in [0, 0.1) is 5.82 Å². The molecule has 0 aromatic carbocycles. The molecule has 0 unspecified atom stereocenters. The molecule has 0 aliphatic carbocycles. The Balaban J connectivity index is 1.49. The van der Waals surface area contributed by atoms with Gasteiger partial charge in [0.1, 0.15) is 24.1 Å². The fraction of sp³-hybridized carbons (Fsp3) is 0.650. The van der Waals surface area contributed by atoms with Crippen molar-refractivity contribution < 1.29 is 13.5 Å². The maximum absolute atomic E-state index is 14.8. The Kier molecular flexibility index (Phi) is 5.62. The van der Waals surface area contributed by atoms with Crippen molar-refractivity contribution in [2.24, 2.45) is 0 Å². The van der Waals surface area contributed by atoms with Gasteiger partial charge in [-0.2, -0.15) is 21.7 Å². The van der Waals surface area contributed by atoms with Crippen LogP contribution in [-0.2, 0) is 0 Å². The van der Waals surface area contributed by atoms with Crippen LogP contribution < -0.4 is 9.64 Å². The number of hydrogen-bond donors (Lipinski definition) is 0. The number of nitrogens with zero attached hydrogens (tertiary/aromatic N) is 5. The highest BCUT2D eigenvalue weighted by atomic mass is 35.5. The normalized spacial score (nSPS) is 27.4. The first kappa shape index (κ1) is 20.5. The van der Waals surface area contributed by atoms with Gasteiger partial charge in [0.05, 0.1) is 10.9 Å². The van der Waals surface area contributed by atoms with Crippen LogP contribution >= 0.6 is 23.4 Å². The molecule has 6 nitrogen and oxygen atoms in total. The van der Waals surface area contributed by atoms with Crippen LogP contribution in [-0.4, -0.2) is 75.9 Å². The van der Waals surface area contributed by atoms with Crippen LogP contribution in [0.4, 0.5) is 14.6 Å². The summed E-state index contributed by atoms with van der Waals surface area (Å²) >= 11 is 7.82. The van der Waals surface area contributed by atoms with E-state index in [1.165, 1.54) is 6.20 Å². The molecule has 30 heavy (non-hydrogen) atoms. The molecule has 10 heteroatoms.